The van der Waals surface area contributed by atoms with Crippen LogP contribution in [0.15, 0.2) is 30.3 Å². The Bertz CT molecular complexity index is 719. The molecule has 1 aromatic rings. The van der Waals surface area contributed by atoms with E-state index in [2.05, 4.69) is 4.90 Å². The predicted molar refractivity (Wildman–Crippen MR) is 101 cm³/mol. The van der Waals surface area contributed by atoms with Crippen LogP contribution in [0.1, 0.15) is 37.7 Å². The summed E-state index contributed by atoms with van der Waals surface area (Å²) in [6.07, 6.45) is 4.63. The van der Waals surface area contributed by atoms with Crippen LogP contribution in [0.3, 0.4) is 0 Å². The molecule has 1 saturated carbocycles. The van der Waals surface area contributed by atoms with Gasteiger partial charge in [0.15, 0.2) is 0 Å². The van der Waals surface area contributed by atoms with Crippen LogP contribution in [0.4, 0.5) is 0 Å². The second-order valence-electron chi connectivity index (χ2n) is 8.09. The van der Waals surface area contributed by atoms with Crippen LogP contribution in [0, 0.1) is 5.41 Å². The highest BCUT2D eigenvalue weighted by Gasteiger charge is 2.52. The molecule has 1 aliphatic carbocycles. The van der Waals surface area contributed by atoms with Crippen molar-refractivity contribution in [2.45, 2.75) is 38.5 Å². The van der Waals surface area contributed by atoms with Gasteiger partial charge in [-0.1, -0.05) is 43.2 Å². The fraction of sp³-hybridized carbons (Fsp3) is 0.571. The molecule has 0 radical (unpaired) electrons. The topological polar surface area (TPSA) is 60.9 Å². The van der Waals surface area contributed by atoms with Gasteiger partial charge >= 0.3 is 0 Å². The minimum atomic E-state index is -0.398. The molecule has 0 N–H and O–H groups in total. The highest BCUT2D eigenvalue weighted by atomic mass is 16.2. The van der Waals surface area contributed by atoms with Crippen molar-refractivity contribution in [3.63, 3.8) is 0 Å². The van der Waals surface area contributed by atoms with E-state index in [0.29, 0.717) is 45.7 Å². The smallest absolute Gasteiger partial charge is 0.237 e. The Balaban J connectivity index is 1.29. The first kappa shape index (κ1) is 18.2. The van der Waals surface area contributed by atoms with Gasteiger partial charge in [0.2, 0.25) is 17.7 Å². The van der Waals surface area contributed by atoms with Crippen molar-refractivity contribution in [3.05, 3.63) is 35.9 Å². The van der Waals surface area contributed by atoms with Gasteiger partial charge in [-0.2, -0.15) is 0 Å². The molecule has 3 aliphatic rings. The summed E-state index contributed by atoms with van der Waals surface area (Å²) in [6.45, 7) is 3.06. The van der Waals surface area contributed by atoms with E-state index in [4.69, 9.17) is 0 Å². The highest BCUT2D eigenvalue weighted by molar-refractivity contribution is 6.06. The zero-order chi connectivity index (χ0) is 18.9. The van der Waals surface area contributed by atoms with Crippen molar-refractivity contribution in [3.8, 4) is 0 Å². The summed E-state index contributed by atoms with van der Waals surface area (Å²) in [5.41, 5.74) is 0.630. The Morgan fingerprint density at radius 2 is 1.63 bits per heavy atom. The van der Waals surface area contributed by atoms with Crippen LogP contribution in [-0.4, -0.2) is 65.3 Å². The maximum absolute atomic E-state index is 12.8. The van der Waals surface area contributed by atoms with Gasteiger partial charge in [0, 0.05) is 32.6 Å². The molecule has 0 aromatic heterocycles. The Morgan fingerprint density at radius 3 is 2.30 bits per heavy atom. The average Bonchev–Trinajstić information content (AvgIpc) is 3.24. The molecular weight excluding hydrogens is 342 g/mol. The molecule has 144 valence electrons. The van der Waals surface area contributed by atoms with Crippen molar-refractivity contribution < 1.29 is 14.4 Å². The van der Waals surface area contributed by atoms with E-state index in [9.17, 15) is 14.4 Å². The van der Waals surface area contributed by atoms with Crippen LogP contribution in [-0.2, 0) is 20.8 Å². The number of piperazine rings is 1. The zero-order valence-electron chi connectivity index (χ0n) is 15.7. The average molecular weight is 369 g/mol. The summed E-state index contributed by atoms with van der Waals surface area (Å²) in [5.74, 6) is 0.149. The number of hydrogen-bond acceptors (Lipinski definition) is 4. The standard InChI is InChI=1S/C21H27N3O3/c25-18(14-17-6-2-1-3-7-17)23-12-10-22(11-13-23)16-24-19(26)15-21(20(24)27)8-4-5-9-21/h1-3,6-7H,4-5,8-16H2. The summed E-state index contributed by atoms with van der Waals surface area (Å²) in [7, 11) is 0. The molecular formula is C21H27N3O3. The van der Waals surface area contributed by atoms with E-state index in [0.717, 1.165) is 31.2 Å². The van der Waals surface area contributed by atoms with E-state index >= 15 is 0 Å². The minimum absolute atomic E-state index is 0.0236. The van der Waals surface area contributed by atoms with Crippen LogP contribution in [0.25, 0.3) is 0 Å². The largest absolute Gasteiger partial charge is 0.340 e. The maximum atomic E-state index is 12.8. The zero-order valence-corrected chi connectivity index (χ0v) is 15.7. The SMILES string of the molecule is O=C(Cc1ccccc1)N1CCN(CN2C(=O)CC3(CCCC3)C2=O)CC1. The van der Waals surface area contributed by atoms with Gasteiger partial charge in [0.1, 0.15) is 0 Å². The van der Waals surface area contributed by atoms with E-state index < -0.39 is 5.41 Å². The van der Waals surface area contributed by atoms with Crippen LogP contribution < -0.4 is 0 Å². The number of benzene rings is 1. The molecule has 0 unspecified atom stereocenters. The summed E-state index contributed by atoms with van der Waals surface area (Å²) >= 11 is 0. The Hall–Kier alpha value is -2.21. The third-order valence-electron chi connectivity index (χ3n) is 6.31. The first-order chi connectivity index (χ1) is 13.1. The lowest BCUT2D eigenvalue weighted by molar-refractivity contribution is -0.145. The Morgan fingerprint density at radius 1 is 0.963 bits per heavy atom. The number of likely N-dealkylation sites (tertiary alicyclic amines) is 1. The second kappa shape index (κ2) is 7.43. The van der Waals surface area contributed by atoms with Crippen LogP contribution in [0.2, 0.25) is 0 Å². The molecule has 0 bridgehead atoms. The number of nitrogens with zero attached hydrogens (tertiary/aromatic N) is 3. The van der Waals surface area contributed by atoms with Gasteiger partial charge in [0.05, 0.1) is 18.5 Å². The van der Waals surface area contributed by atoms with Gasteiger partial charge in [-0.05, 0) is 18.4 Å². The lowest BCUT2D eigenvalue weighted by Gasteiger charge is -2.36. The monoisotopic (exact) mass is 369 g/mol. The van der Waals surface area contributed by atoms with Crippen molar-refractivity contribution >= 4 is 17.7 Å². The van der Waals surface area contributed by atoms with E-state index in [1.165, 1.54) is 4.90 Å². The van der Waals surface area contributed by atoms with Crippen LogP contribution in [0.5, 0.6) is 0 Å². The molecule has 0 atom stereocenters. The number of rotatable bonds is 4. The number of hydrogen-bond donors (Lipinski definition) is 0. The van der Waals surface area contributed by atoms with E-state index in [-0.39, 0.29) is 17.7 Å². The minimum Gasteiger partial charge on any atom is -0.340 e. The summed E-state index contributed by atoms with van der Waals surface area (Å²) in [4.78, 5) is 43.2. The number of carbonyl (C=O) groups is 3. The van der Waals surface area contributed by atoms with Crippen molar-refractivity contribution in [1.82, 2.24) is 14.7 Å². The Labute approximate surface area is 160 Å². The first-order valence-corrected chi connectivity index (χ1v) is 9.96. The third kappa shape index (κ3) is 3.63. The fourth-order valence-electron chi connectivity index (χ4n) is 4.67. The lowest BCUT2D eigenvalue weighted by Crippen LogP contribution is -2.53. The summed E-state index contributed by atoms with van der Waals surface area (Å²) < 4.78 is 0. The number of amides is 3. The molecule has 2 saturated heterocycles. The van der Waals surface area contributed by atoms with Gasteiger partial charge in [0.25, 0.3) is 0 Å². The first-order valence-electron chi connectivity index (χ1n) is 9.96. The molecule has 27 heavy (non-hydrogen) atoms. The molecule has 6 nitrogen and oxygen atoms in total. The molecule has 1 aromatic carbocycles. The quantitative estimate of drug-likeness (QED) is 0.757. The molecule has 2 heterocycles. The third-order valence-corrected chi connectivity index (χ3v) is 6.31. The van der Waals surface area contributed by atoms with E-state index in [1.54, 1.807) is 0 Å². The van der Waals surface area contributed by atoms with Gasteiger partial charge in [-0.3, -0.25) is 24.2 Å². The predicted octanol–water partition coefficient (Wildman–Crippen LogP) is 1.65. The maximum Gasteiger partial charge on any atom is 0.237 e. The van der Waals surface area contributed by atoms with Crippen molar-refractivity contribution in [2.24, 2.45) is 5.41 Å². The van der Waals surface area contributed by atoms with Crippen molar-refractivity contribution in [2.75, 3.05) is 32.8 Å². The molecule has 3 amide bonds. The molecule has 3 fully saturated rings. The van der Waals surface area contributed by atoms with E-state index in [1.807, 2.05) is 35.2 Å². The van der Waals surface area contributed by atoms with Gasteiger partial charge < -0.3 is 4.90 Å². The Kier molecular flexibility index (Phi) is 5.00. The molecule has 4 rings (SSSR count). The highest BCUT2D eigenvalue weighted by Crippen LogP contribution is 2.46. The van der Waals surface area contributed by atoms with Crippen molar-refractivity contribution in [1.29, 1.82) is 0 Å². The van der Waals surface area contributed by atoms with Crippen LogP contribution >= 0.6 is 0 Å². The normalized spacial score (nSPS) is 22.8. The van der Waals surface area contributed by atoms with Gasteiger partial charge in [-0.25, -0.2) is 0 Å². The van der Waals surface area contributed by atoms with Gasteiger partial charge in [-0.15, -0.1) is 0 Å². The molecule has 2 aliphatic heterocycles. The summed E-state index contributed by atoms with van der Waals surface area (Å²) in [6, 6.07) is 9.78. The molecule has 1 spiro atoms. The fourth-order valence-corrected chi connectivity index (χ4v) is 4.67. The number of imide groups is 1. The summed E-state index contributed by atoms with van der Waals surface area (Å²) in [5, 5.41) is 0. The molecule has 6 heteroatoms. The number of carbonyl (C=O) groups excluding carboxylic acids is 3. The lowest BCUT2D eigenvalue weighted by atomic mass is 9.85. The second-order valence-corrected chi connectivity index (χ2v) is 8.09.